The summed E-state index contributed by atoms with van der Waals surface area (Å²) in [5, 5.41) is 0. The summed E-state index contributed by atoms with van der Waals surface area (Å²) in [6, 6.07) is 3.79. The van der Waals surface area contributed by atoms with Gasteiger partial charge in [-0.1, -0.05) is 0 Å². The molecule has 2 heterocycles. The second-order valence-electron chi connectivity index (χ2n) is 3.48. The lowest BCUT2D eigenvalue weighted by Crippen LogP contribution is -2.40. The summed E-state index contributed by atoms with van der Waals surface area (Å²) in [4.78, 5) is 6.10. The molecule has 1 aromatic heterocycles. The monoisotopic (exact) mass is 290 g/mol. The molecule has 1 aromatic rings. The van der Waals surface area contributed by atoms with Gasteiger partial charge in [-0.3, -0.25) is 0 Å². The molecule has 0 aliphatic carbocycles. The number of nitrogens with zero attached hydrogens (tertiary/aromatic N) is 2. The first-order chi connectivity index (χ1) is 7.07. The van der Waals surface area contributed by atoms with Crippen molar-refractivity contribution >= 4 is 31.5 Å². The third kappa shape index (κ3) is 2.69. The van der Waals surface area contributed by atoms with Gasteiger partial charge in [0.25, 0.3) is 0 Å². The van der Waals surface area contributed by atoms with Gasteiger partial charge in [0, 0.05) is 25.0 Å². The van der Waals surface area contributed by atoms with E-state index in [9.17, 15) is 8.42 Å². The summed E-state index contributed by atoms with van der Waals surface area (Å²) in [5.74, 6) is 0.486. The van der Waals surface area contributed by atoms with Crippen molar-refractivity contribution in [2.24, 2.45) is 0 Å². The lowest BCUT2D eigenvalue weighted by Gasteiger charge is -2.28. The lowest BCUT2D eigenvalue weighted by atomic mass is 10.3. The molecule has 0 atom stereocenters. The quantitative estimate of drug-likeness (QED) is 0.727. The summed E-state index contributed by atoms with van der Waals surface area (Å²) in [6.45, 7) is 1.14. The van der Waals surface area contributed by atoms with Gasteiger partial charge in [-0.15, -0.1) is 0 Å². The van der Waals surface area contributed by atoms with Crippen LogP contribution >= 0.6 is 15.9 Å². The number of pyridine rings is 1. The molecular weight excluding hydrogens is 280 g/mol. The van der Waals surface area contributed by atoms with Crippen LogP contribution in [0.4, 0.5) is 5.69 Å². The third-order valence-electron chi connectivity index (χ3n) is 2.42. The van der Waals surface area contributed by atoms with E-state index in [4.69, 9.17) is 0 Å². The van der Waals surface area contributed by atoms with E-state index >= 15 is 0 Å². The zero-order valence-electron chi connectivity index (χ0n) is 8.06. The molecule has 1 saturated heterocycles. The fourth-order valence-corrected chi connectivity index (χ4v) is 3.11. The minimum Gasteiger partial charge on any atom is -0.369 e. The van der Waals surface area contributed by atoms with Crippen LogP contribution in [-0.2, 0) is 9.84 Å². The lowest BCUT2D eigenvalue weighted by molar-refractivity contribution is 0.587. The number of rotatable bonds is 1. The van der Waals surface area contributed by atoms with Gasteiger partial charge < -0.3 is 4.90 Å². The maximum atomic E-state index is 11.2. The maximum absolute atomic E-state index is 11.2. The smallest absolute Gasteiger partial charge is 0.153 e. The zero-order valence-corrected chi connectivity index (χ0v) is 10.5. The largest absolute Gasteiger partial charge is 0.369 e. The third-order valence-corrected chi connectivity index (χ3v) is 4.46. The van der Waals surface area contributed by atoms with Gasteiger partial charge in [0.2, 0.25) is 0 Å². The second kappa shape index (κ2) is 4.09. The van der Waals surface area contributed by atoms with Crippen molar-refractivity contribution in [2.45, 2.75) is 0 Å². The molecule has 0 radical (unpaired) electrons. The van der Waals surface area contributed by atoms with E-state index in [1.165, 1.54) is 0 Å². The van der Waals surface area contributed by atoms with Crippen molar-refractivity contribution < 1.29 is 8.42 Å². The number of hydrogen-bond donors (Lipinski definition) is 0. The Morgan fingerprint density at radius 2 is 2.00 bits per heavy atom. The Labute approximate surface area is 97.4 Å². The van der Waals surface area contributed by atoms with Crippen LogP contribution in [0.15, 0.2) is 22.9 Å². The molecule has 2 rings (SSSR count). The first-order valence-corrected chi connectivity index (χ1v) is 7.25. The molecule has 4 nitrogen and oxygen atoms in total. The summed E-state index contributed by atoms with van der Waals surface area (Å²) in [7, 11) is -2.80. The van der Waals surface area contributed by atoms with E-state index in [2.05, 4.69) is 25.8 Å². The van der Waals surface area contributed by atoms with Crippen LogP contribution in [0, 0.1) is 0 Å². The molecule has 6 heteroatoms. The van der Waals surface area contributed by atoms with Gasteiger partial charge in [0.1, 0.15) is 4.60 Å². The average molecular weight is 291 g/mol. The number of halogens is 1. The van der Waals surface area contributed by atoms with Crippen LogP contribution in [0.3, 0.4) is 0 Å². The fourth-order valence-electron chi connectivity index (χ4n) is 1.56. The van der Waals surface area contributed by atoms with E-state index in [0.717, 1.165) is 10.3 Å². The Hall–Kier alpha value is -0.620. The van der Waals surface area contributed by atoms with Gasteiger partial charge in [0.05, 0.1) is 11.5 Å². The van der Waals surface area contributed by atoms with Gasteiger partial charge in [-0.2, -0.15) is 0 Å². The molecule has 0 N–H and O–H groups in total. The first-order valence-electron chi connectivity index (χ1n) is 4.64. The summed E-state index contributed by atoms with van der Waals surface area (Å²) in [6.07, 6.45) is 1.71. The van der Waals surface area contributed by atoms with Crippen LogP contribution in [0.1, 0.15) is 0 Å². The normalized spacial score (nSPS) is 20.2. The van der Waals surface area contributed by atoms with E-state index in [1.54, 1.807) is 6.20 Å². The molecule has 0 bridgehead atoms. The van der Waals surface area contributed by atoms with Crippen LogP contribution in [0.25, 0.3) is 0 Å². The summed E-state index contributed by atoms with van der Waals surface area (Å²) in [5.41, 5.74) is 1.02. The molecule has 1 aliphatic heterocycles. The number of hydrogen-bond acceptors (Lipinski definition) is 4. The van der Waals surface area contributed by atoms with Gasteiger partial charge in [-0.25, -0.2) is 13.4 Å². The highest BCUT2D eigenvalue weighted by molar-refractivity contribution is 9.10. The molecule has 1 fully saturated rings. The highest BCUT2D eigenvalue weighted by Crippen LogP contribution is 2.19. The summed E-state index contributed by atoms with van der Waals surface area (Å²) >= 11 is 3.30. The molecule has 0 aromatic carbocycles. The van der Waals surface area contributed by atoms with Crippen molar-refractivity contribution in [1.82, 2.24) is 4.98 Å². The minimum atomic E-state index is -2.80. The van der Waals surface area contributed by atoms with Crippen molar-refractivity contribution in [2.75, 3.05) is 29.5 Å². The van der Waals surface area contributed by atoms with E-state index in [-0.39, 0.29) is 11.5 Å². The average Bonchev–Trinajstić information content (AvgIpc) is 2.17. The Kier molecular flexibility index (Phi) is 2.97. The molecule has 82 valence electrons. The van der Waals surface area contributed by atoms with Crippen molar-refractivity contribution in [3.8, 4) is 0 Å². The molecule has 0 spiro atoms. The number of aromatic nitrogens is 1. The predicted molar refractivity (Wildman–Crippen MR) is 62.8 cm³/mol. The molecule has 0 amide bonds. The molecule has 0 unspecified atom stereocenters. The van der Waals surface area contributed by atoms with Gasteiger partial charge in [-0.05, 0) is 28.1 Å². The molecule has 1 aliphatic rings. The van der Waals surface area contributed by atoms with Crippen molar-refractivity contribution in [3.05, 3.63) is 22.9 Å². The fraction of sp³-hybridized carbons (Fsp3) is 0.444. The Bertz CT molecular complexity index is 447. The predicted octanol–water partition coefficient (Wildman–Crippen LogP) is 1.08. The SMILES string of the molecule is O=S1(=O)CCN(c2ccnc(Br)c2)CC1. The van der Waals surface area contributed by atoms with Gasteiger partial charge >= 0.3 is 0 Å². The van der Waals surface area contributed by atoms with Crippen molar-refractivity contribution in [1.29, 1.82) is 0 Å². The Morgan fingerprint density at radius 3 is 2.60 bits per heavy atom. The highest BCUT2D eigenvalue weighted by Gasteiger charge is 2.21. The Morgan fingerprint density at radius 1 is 1.33 bits per heavy atom. The van der Waals surface area contributed by atoms with Crippen LogP contribution < -0.4 is 4.90 Å². The standard InChI is InChI=1S/C9H11BrN2O2S/c10-9-7-8(1-2-11-9)12-3-5-15(13,14)6-4-12/h1-2,7H,3-6H2. The topological polar surface area (TPSA) is 50.3 Å². The number of anilines is 1. The second-order valence-corrected chi connectivity index (χ2v) is 6.59. The van der Waals surface area contributed by atoms with Crippen LogP contribution in [-0.4, -0.2) is 38.0 Å². The zero-order chi connectivity index (χ0) is 10.9. The maximum Gasteiger partial charge on any atom is 0.153 e. The van der Waals surface area contributed by atoms with E-state index < -0.39 is 9.84 Å². The Balaban J connectivity index is 2.14. The summed E-state index contributed by atoms with van der Waals surface area (Å²) < 4.78 is 23.3. The molecular formula is C9H11BrN2O2S. The minimum absolute atomic E-state index is 0.243. The van der Waals surface area contributed by atoms with Crippen LogP contribution in [0.5, 0.6) is 0 Å². The van der Waals surface area contributed by atoms with Crippen molar-refractivity contribution in [3.63, 3.8) is 0 Å². The molecule has 0 saturated carbocycles. The van der Waals surface area contributed by atoms with E-state index in [0.29, 0.717) is 13.1 Å². The number of sulfone groups is 1. The van der Waals surface area contributed by atoms with E-state index in [1.807, 2.05) is 12.1 Å². The highest BCUT2D eigenvalue weighted by atomic mass is 79.9. The molecule has 15 heavy (non-hydrogen) atoms. The van der Waals surface area contributed by atoms with Gasteiger partial charge in [0.15, 0.2) is 9.84 Å². The first kappa shape index (κ1) is 10.9. The van der Waals surface area contributed by atoms with Crippen LogP contribution in [0.2, 0.25) is 0 Å².